The SMILES string of the molecule is CN1c2ccccc2N2c3ccccc3OCC12. The quantitative estimate of drug-likeness (QED) is 0.701. The number of likely N-dealkylation sites (N-methyl/N-ethyl adjacent to an activating group) is 1. The summed E-state index contributed by atoms with van der Waals surface area (Å²) in [6, 6.07) is 16.7. The van der Waals surface area contributed by atoms with Crippen LogP contribution in [0.1, 0.15) is 0 Å². The largest absolute Gasteiger partial charge is 0.487 e. The van der Waals surface area contributed by atoms with Crippen molar-refractivity contribution >= 4 is 17.1 Å². The fraction of sp³-hybridized carbons (Fsp3) is 0.200. The van der Waals surface area contributed by atoms with E-state index < -0.39 is 0 Å². The molecule has 0 saturated heterocycles. The molecule has 0 aromatic heterocycles. The molecule has 2 aliphatic heterocycles. The maximum atomic E-state index is 5.86. The van der Waals surface area contributed by atoms with Gasteiger partial charge in [0.25, 0.3) is 0 Å². The summed E-state index contributed by atoms with van der Waals surface area (Å²) in [5.41, 5.74) is 3.69. The van der Waals surface area contributed by atoms with Gasteiger partial charge in [-0.25, -0.2) is 0 Å². The van der Waals surface area contributed by atoms with Crippen LogP contribution in [0.2, 0.25) is 0 Å². The third-order valence-corrected chi connectivity index (χ3v) is 3.78. The van der Waals surface area contributed by atoms with Crippen molar-refractivity contribution < 1.29 is 4.74 Å². The highest BCUT2D eigenvalue weighted by Gasteiger charge is 2.38. The highest BCUT2D eigenvalue weighted by molar-refractivity contribution is 5.86. The number of fused-ring (bicyclic) bond motifs is 5. The van der Waals surface area contributed by atoms with Gasteiger partial charge in [-0.3, -0.25) is 0 Å². The molecule has 2 aromatic rings. The zero-order valence-corrected chi connectivity index (χ0v) is 10.2. The van der Waals surface area contributed by atoms with Crippen LogP contribution in [-0.4, -0.2) is 19.8 Å². The molecule has 0 spiro atoms. The molecule has 0 amide bonds. The Bertz CT molecular complexity index is 611. The van der Waals surface area contributed by atoms with E-state index in [0.29, 0.717) is 6.61 Å². The van der Waals surface area contributed by atoms with Crippen LogP contribution < -0.4 is 14.5 Å². The number of anilines is 3. The molecule has 0 bridgehead atoms. The van der Waals surface area contributed by atoms with E-state index in [2.05, 4.69) is 53.2 Å². The molecular formula is C15H14N2O. The maximum Gasteiger partial charge on any atom is 0.143 e. The highest BCUT2D eigenvalue weighted by atomic mass is 16.5. The molecular weight excluding hydrogens is 224 g/mol. The van der Waals surface area contributed by atoms with Crippen LogP contribution in [0.15, 0.2) is 48.5 Å². The number of rotatable bonds is 0. The van der Waals surface area contributed by atoms with Gasteiger partial charge in [0.15, 0.2) is 0 Å². The Morgan fingerprint density at radius 1 is 0.944 bits per heavy atom. The Hall–Kier alpha value is -2.16. The number of benzene rings is 2. The van der Waals surface area contributed by atoms with Gasteiger partial charge in [0.2, 0.25) is 0 Å². The van der Waals surface area contributed by atoms with Gasteiger partial charge in [0.1, 0.15) is 18.5 Å². The molecule has 18 heavy (non-hydrogen) atoms. The number of hydrogen-bond acceptors (Lipinski definition) is 3. The van der Waals surface area contributed by atoms with Crippen molar-refractivity contribution in [3.05, 3.63) is 48.5 Å². The maximum absolute atomic E-state index is 5.86. The predicted octanol–water partition coefficient (Wildman–Crippen LogP) is 2.99. The summed E-state index contributed by atoms with van der Waals surface area (Å²) in [6.07, 6.45) is 0.261. The van der Waals surface area contributed by atoms with Crippen LogP contribution in [-0.2, 0) is 0 Å². The molecule has 1 unspecified atom stereocenters. The zero-order chi connectivity index (χ0) is 12.1. The summed E-state index contributed by atoms with van der Waals surface area (Å²) in [5, 5.41) is 0. The standard InChI is InChI=1S/C15H14N2O/c1-16-11-6-2-3-7-12(11)17-13-8-4-5-9-14(13)18-10-15(16)17/h2-9,15H,10H2,1H3. The summed E-state index contributed by atoms with van der Waals surface area (Å²) in [6.45, 7) is 0.697. The van der Waals surface area contributed by atoms with Crippen LogP contribution in [0.25, 0.3) is 0 Å². The van der Waals surface area contributed by atoms with Crippen LogP contribution in [0.4, 0.5) is 17.1 Å². The van der Waals surface area contributed by atoms with Gasteiger partial charge >= 0.3 is 0 Å². The highest BCUT2D eigenvalue weighted by Crippen LogP contribution is 2.48. The van der Waals surface area contributed by atoms with Crippen LogP contribution in [0, 0.1) is 0 Å². The van der Waals surface area contributed by atoms with Crippen molar-refractivity contribution in [2.24, 2.45) is 0 Å². The molecule has 2 aromatic carbocycles. The van der Waals surface area contributed by atoms with E-state index >= 15 is 0 Å². The Balaban J connectivity index is 1.94. The van der Waals surface area contributed by atoms with E-state index in [-0.39, 0.29) is 6.17 Å². The zero-order valence-electron chi connectivity index (χ0n) is 10.2. The van der Waals surface area contributed by atoms with Crippen molar-refractivity contribution in [2.45, 2.75) is 6.17 Å². The summed E-state index contributed by atoms with van der Waals surface area (Å²) in [7, 11) is 2.13. The van der Waals surface area contributed by atoms with E-state index in [4.69, 9.17) is 4.74 Å². The van der Waals surface area contributed by atoms with Crippen LogP contribution in [0.3, 0.4) is 0 Å². The van der Waals surface area contributed by atoms with E-state index in [1.54, 1.807) is 0 Å². The molecule has 3 nitrogen and oxygen atoms in total. The normalized spacial score (nSPS) is 19.9. The Labute approximate surface area is 106 Å². The van der Waals surface area contributed by atoms with Gasteiger partial charge in [0.05, 0.1) is 17.1 Å². The van der Waals surface area contributed by atoms with Gasteiger partial charge in [-0.05, 0) is 24.3 Å². The molecule has 90 valence electrons. The molecule has 1 atom stereocenters. The van der Waals surface area contributed by atoms with E-state index in [9.17, 15) is 0 Å². The van der Waals surface area contributed by atoms with Crippen molar-refractivity contribution in [1.29, 1.82) is 0 Å². The first kappa shape index (κ1) is 9.83. The first-order valence-electron chi connectivity index (χ1n) is 6.19. The van der Waals surface area contributed by atoms with Crippen molar-refractivity contribution in [2.75, 3.05) is 23.5 Å². The fourth-order valence-electron chi connectivity index (χ4n) is 2.88. The number of ether oxygens (including phenoxy) is 1. The van der Waals surface area contributed by atoms with Crippen molar-refractivity contribution in [1.82, 2.24) is 0 Å². The van der Waals surface area contributed by atoms with E-state index in [0.717, 1.165) is 11.4 Å². The number of nitrogens with zero attached hydrogens (tertiary/aromatic N) is 2. The molecule has 3 heteroatoms. The first-order chi connectivity index (χ1) is 8.86. The van der Waals surface area contributed by atoms with E-state index in [1.807, 2.05) is 12.1 Å². The second-order valence-corrected chi connectivity index (χ2v) is 4.73. The first-order valence-corrected chi connectivity index (χ1v) is 6.19. The van der Waals surface area contributed by atoms with Gasteiger partial charge in [-0.2, -0.15) is 0 Å². The Kier molecular flexibility index (Phi) is 1.87. The lowest BCUT2D eigenvalue weighted by Crippen LogP contribution is -2.45. The fourth-order valence-corrected chi connectivity index (χ4v) is 2.88. The molecule has 4 rings (SSSR count). The topological polar surface area (TPSA) is 15.7 Å². The number of para-hydroxylation sites is 4. The average Bonchev–Trinajstić information content (AvgIpc) is 2.73. The lowest BCUT2D eigenvalue weighted by atomic mass is 10.2. The molecule has 0 N–H and O–H groups in total. The van der Waals surface area contributed by atoms with E-state index in [1.165, 1.54) is 11.4 Å². The Morgan fingerprint density at radius 2 is 1.61 bits per heavy atom. The lowest BCUT2D eigenvalue weighted by Gasteiger charge is -2.36. The molecule has 2 heterocycles. The monoisotopic (exact) mass is 238 g/mol. The third-order valence-electron chi connectivity index (χ3n) is 3.78. The average molecular weight is 238 g/mol. The third kappa shape index (κ3) is 1.13. The summed E-state index contributed by atoms with van der Waals surface area (Å²) >= 11 is 0. The number of hydrogen-bond donors (Lipinski definition) is 0. The molecule has 0 aliphatic carbocycles. The molecule has 2 aliphatic rings. The predicted molar refractivity (Wildman–Crippen MR) is 72.7 cm³/mol. The molecule has 0 saturated carbocycles. The molecule has 0 fully saturated rings. The summed E-state index contributed by atoms with van der Waals surface area (Å²) in [4.78, 5) is 4.65. The van der Waals surface area contributed by atoms with Gasteiger partial charge < -0.3 is 14.5 Å². The van der Waals surface area contributed by atoms with Gasteiger partial charge in [0, 0.05) is 7.05 Å². The second-order valence-electron chi connectivity index (χ2n) is 4.73. The summed E-state index contributed by atoms with van der Waals surface area (Å²) in [5.74, 6) is 0.971. The Morgan fingerprint density at radius 3 is 2.44 bits per heavy atom. The van der Waals surface area contributed by atoms with Crippen molar-refractivity contribution in [3.8, 4) is 5.75 Å². The molecule has 0 radical (unpaired) electrons. The van der Waals surface area contributed by atoms with Crippen LogP contribution >= 0.6 is 0 Å². The van der Waals surface area contributed by atoms with Gasteiger partial charge in [-0.1, -0.05) is 24.3 Å². The smallest absolute Gasteiger partial charge is 0.143 e. The minimum Gasteiger partial charge on any atom is -0.487 e. The lowest BCUT2D eigenvalue weighted by molar-refractivity contribution is 0.274. The summed E-state index contributed by atoms with van der Waals surface area (Å²) < 4.78 is 5.86. The van der Waals surface area contributed by atoms with Crippen molar-refractivity contribution in [3.63, 3.8) is 0 Å². The minimum atomic E-state index is 0.261. The second kappa shape index (κ2) is 3.42. The van der Waals surface area contributed by atoms with Gasteiger partial charge in [-0.15, -0.1) is 0 Å². The minimum absolute atomic E-state index is 0.261. The van der Waals surface area contributed by atoms with Crippen LogP contribution in [0.5, 0.6) is 5.75 Å².